The highest BCUT2D eigenvalue weighted by Crippen LogP contribution is 2.19. The molecule has 94 valence electrons. The number of aryl methyl sites for hydroxylation is 1. The van der Waals surface area contributed by atoms with Crippen molar-refractivity contribution in [2.24, 2.45) is 7.05 Å². The Morgan fingerprint density at radius 2 is 2.00 bits per heavy atom. The van der Waals surface area contributed by atoms with Crippen LogP contribution in [0, 0.1) is 0 Å². The summed E-state index contributed by atoms with van der Waals surface area (Å²) in [5.41, 5.74) is 1.53. The molecule has 1 N–H and O–H groups in total. The van der Waals surface area contributed by atoms with Crippen LogP contribution in [0.2, 0.25) is 0 Å². The molecule has 1 aromatic carbocycles. The molecule has 18 heavy (non-hydrogen) atoms. The second-order valence-corrected chi connectivity index (χ2v) is 4.21. The number of rotatable bonds is 3. The highest BCUT2D eigenvalue weighted by molar-refractivity contribution is 6.07. The normalized spacial score (nSPS) is 10.2. The summed E-state index contributed by atoms with van der Waals surface area (Å²) in [5.74, 6) is 0.538. The molecule has 5 heteroatoms. The monoisotopic (exact) mass is 244 g/mol. The van der Waals surface area contributed by atoms with Crippen LogP contribution in [0.1, 0.15) is 10.4 Å². The number of aromatic nitrogens is 2. The lowest BCUT2D eigenvalue weighted by atomic mass is 10.1. The quantitative estimate of drug-likeness (QED) is 0.894. The Morgan fingerprint density at radius 3 is 2.61 bits per heavy atom. The van der Waals surface area contributed by atoms with E-state index in [-0.39, 0.29) is 5.91 Å². The number of hydrogen-bond acceptors (Lipinski definition) is 3. The van der Waals surface area contributed by atoms with Crippen molar-refractivity contribution in [1.29, 1.82) is 0 Å². The maximum absolute atomic E-state index is 12.2. The van der Waals surface area contributed by atoms with Crippen LogP contribution in [0.4, 0.5) is 11.5 Å². The second kappa shape index (κ2) is 4.91. The molecule has 1 heterocycles. The van der Waals surface area contributed by atoms with Crippen LogP contribution in [-0.4, -0.2) is 29.8 Å². The highest BCUT2D eigenvalue weighted by Gasteiger charge is 2.13. The molecular weight excluding hydrogens is 228 g/mol. The van der Waals surface area contributed by atoms with Gasteiger partial charge in [-0.15, -0.1) is 0 Å². The topological polar surface area (TPSA) is 50.2 Å². The number of nitrogens with zero attached hydrogens (tertiary/aromatic N) is 3. The van der Waals surface area contributed by atoms with Crippen LogP contribution >= 0.6 is 0 Å². The molecule has 0 aliphatic carbocycles. The minimum atomic E-state index is -0.136. The fraction of sp³-hybridized carbons (Fsp3) is 0.231. The standard InChI is InChI=1S/C13H16N4O/c1-16(2)11-7-5-4-6-10(11)13(18)15-12-8-9-14-17(12)3/h4-9H,1-3H3,(H,15,18). The molecule has 0 aliphatic heterocycles. The summed E-state index contributed by atoms with van der Waals surface area (Å²) >= 11 is 0. The number of hydrogen-bond donors (Lipinski definition) is 1. The van der Waals surface area contributed by atoms with Crippen LogP contribution in [0.3, 0.4) is 0 Å². The van der Waals surface area contributed by atoms with E-state index >= 15 is 0 Å². The van der Waals surface area contributed by atoms with Crippen LogP contribution < -0.4 is 10.2 Å². The lowest BCUT2D eigenvalue weighted by Gasteiger charge is -2.16. The Morgan fingerprint density at radius 1 is 1.28 bits per heavy atom. The van der Waals surface area contributed by atoms with Crippen LogP contribution in [0.15, 0.2) is 36.5 Å². The predicted molar refractivity (Wildman–Crippen MR) is 71.9 cm³/mol. The van der Waals surface area contributed by atoms with Gasteiger partial charge in [-0.25, -0.2) is 0 Å². The van der Waals surface area contributed by atoms with Crippen LogP contribution in [-0.2, 0) is 7.05 Å². The summed E-state index contributed by atoms with van der Waals surface area (Å²) < 4.78 is 1.62. The summed E-state index contributed by atoms with van der Waals surface area (Å²) in [6.45, 7) is 0. The summed E-state index contributed by atoms with van der Waals surface area (Å²) in [4.78, 5) is 14.1. The zero-order valence-corrected chi connectivity index (χ0v) is 10.7. The first-order valence-corrected chi connectivity index (χ1v) is 5.65. The Hall–Kier alpha value is -2.30. The van der Waals surface area contributed by atoms with E-state index in [0.29, 0.717) is 11.4 Å². The number of benzene rings is 1. The van der Waals surface area contributed by atoms with E-state index in [1.807, 2.05) is 37.2 Å². The summed E-state index contributed by atoms with van der Waals surface area (Å²) in [6.07, 6.45) is 1.65. The molecule has 0 spiro atoms. The van der Waals surface area contributed by atoms with Crippen molar-refractivity contribution in [3.63, 3.8) is 0 Å². The minimum absolute atomic E-state index is 0.136. The van der Waals surface area contributed by atoms with E-state index in [0.717, 1.165) is 5.69 Å². The van der Waals surface area contributed by atoms with Gasteiger partial charge in [-0.2, -0.15) is 5.10 Å². The molecule has 2 rings (SSSR count). The zero-order valence-electron chi connectivity index (χ0n) is 10.7. The van der Waals surface area contributed by atoms with Gasteiger partial charge in [-0.1, -0.05) is 12.1 Å². The predicted octanol–water partition coefficient (Wildman–Crippen LogP) is 1.74. The number of anilines is 2. The summed E-state index contributed by atoms with van der Waals surface area (Å²) in [7, 11) is 5.61. The third-order valence-corrected chi connectivity index (χ3v) is 2.69. The molecule has 0 saturated heterocycles. The first-order valence-electron chi connectivity index (χ1n) is 5.65. The third-order valence-electron chi connectivity index (χ3n) is 2.69. The number of nitrogens with one attached hydrogen (secondary N) is 1. The fourth-order valence-corrected chi connectivity index (χ4v) is 1.74. The molecule has 0 unspecified atom stereocenters. The van der Waals surface area contributed by atoms with Crippen molar-refractivity contribution in [3.05, 3.63) is 42.1 Å². The third kappa shape index (κ3) is 2.34. The second-order valence-electron chi connectivity index (χ2n) is 4.21. The van der Waals surface area contributed by atoms with Gasteiger partial charge in [0.05, 0.1) is 11.8 Å². The Balaban J connectivity index is 2.27. The van der Waals surface area contributed by atoms with E-state index in [9.17, 15) is 4.79 Å². The van der Waals surface area contributed by atoms with E-state index < -0.39 is 0 Å². The van der Waals surface area contributed by atoms with Crippen molar-refractivity contribution < 1.29 is 4.79 Å². The minimum Gasteiger partial charge on any atom is -0.377 e. The van der Waals surface area contributed by atoms with Crippen molar-refractivity contribution in [2.75, 3.05) is 24.3 Å². The van der Waals surface area contributed by atoms with E-state index in [1.165, 1.54) is 0 Å². The first kappa shape index (κ1) is 12.2. The Kier molecular flexibility index (Phi) is 3.32. The Bertz CT molecular complexity index is 560. The van der Waals surface area contributed by atoms with E-state index in [1.54, 1.807) is 30.1 Å². The van der Waals surface area contributed by atoms with Gasteiger partial charge in [0.2, 0.25) is 0 Å². The van der Waals surface area contributed by atoms with Crippen LogP contribution in [0.25, 0.3) is 0 Å². The van der Waals surface area contributed by atoms with E-state index in [4.69, 9.17) is 0 Å². The molecule has 5 nitrogen and oxygen atoms in total. The smallest absolute Gasteiger partial charge is 0.258 e. The summed E-state index contributed by atoms with van der Waals surface area (Å²) in [5, 5.41) is 6.85. The molecule has 0 fully saturated rings. The SMILES string of the molecule is CN(C)c1ccccc1C(=O)Nc1ccnn1C. The number of amides is 1. The molecule has 0 aliphatic rings. The summed E-state index contributed by atoms with van der Waals surface area (Å²) in [6, 6.07) is 9.25. The zero-order chi connectivity index (χ0) is 13.1. The molecule has 0 bridgehead atoms. The van der Waals surface area contributed by atoms with Crippen molar-refractivity contribution in [1.82, 2.24) is 9.78 Å². The lowest BCUT2D eigenvalue weighted by Crippen LogP contribution is -2.19. The first-order chi connectivity index (χ1) is 8.59. The number of para-hydroxylation sites is 1. The average molecular weight is 244 g/mol. The Labute approximate surface area is 106 Å². The molecule has 0 radical (unpaired) electrons. The van der Waals surface area contributed by atoms with Crippen LogP contribution in [0.5, 0.6) is 0 Å². The molecule has 2 aromatic rings. The number of carbonyl (C=O) groups excluding carboxylic acids is 1. The van der Waals surface area contributed by atoms with Gasteiger partial charge in [0.25, 0.3) is 5.91 Å². The highest BCUT2D eigenvalue weighted by atomic mass is 16.1. The largest absolute Gasteiger partial charge is 0.377 e. The van der Waals surface area contributed by atoms with Gasteiger partial charge in [0.15, 0.2) is 0 Å². The average Bonchev–Trinajstić information content (AvgIpc) is 2.75. The fourth-order valence-electron chi connectivity index (χ4n) is 1.74. The van der Waals surface area contributed by atoms with Crippen molar-refractivity contribution in [2.45, 2.75) is 0 Å². The molecule has 1 aromatic heterocycles. The maximum Gasteiger partial charge on any atom is 0.258 e. The van der Waals surface area contributed by atoms with Gasteiger partial charge in [0, 0.05) is 32.9 Å². The molecule has 1 amide bonds. The van der Waals surface area contributed by atoms with Gasteiger partial charge in [-0.3, -0.25) is 9.48 Å². The van der Waals surface area contributed by atoms with Gasteiger partial charge < -0.3 is 10.2 Å². The molecule has 0 saturated carbocycles. The molecular formula is C13H16N4O. The van der Waals surface area contributed by atoms with Crippen molar-refractivity contribution in [3.8, 4) is 0 Å². The maximum atomic E-state index is 12.2. The number of carbonyl (C=O) groups is 1. The van der Waals surface area contributed by atoms with E-state index in [2.05, 4.69) is 10.4 Å². The van der Waals surface area contributed by atoms with Gasteiger partial charge in [-0.05, 0) is 12.1 Å². The van der Waals surface area contributed by atoms with Gasteiger partial charge >= 0.3 is 0 Å². The lowest BCUT2D eigenvalue weighted by molar-refractivity contribution is 0.102. The van der Waals surface area contributed by atoms with Gasteiger partial charge in [0.1, 0.15) is 5.82 Å². The van der Waals surface area contributed by atoms with Crippen molar-refractivity contribution >= 4 is 17.4 Å². The molecule has 0 atom stereocenters.